The molecule has 0 aliphatic carbocycles. The molecule has 0 saturated carbocycles. The fraction of sp³-hybridized carbons (Fsp3) is 0.300. The van der Waals surface area contributed by atoms with Gasteiger partial charge in [-0.1, -0.05) is 6.92 Å². The van der Waals surface area contributed by atoms with Crippen LogP contribution < -0.4 is 10.9 Å². The summed E-state index contributed by atoms with van der Waals surface area (Å²) in [6.07, 6.45) is 1.77. The van der Waals surface area contributed by atoms with Gasteiger partial charge in [0.05, 0.1) is 34.3 Å². The molecule has 0 bridgehead atoms. The first-order valence-electron chi connectivity index (χ1n) is 9.49. The van der Waals surface area contributed by atoms with Crippen LogP contribution >= 0.6 is 11.3 Å². The minimum absolute atomic E-state index is 0.161. The Morgan fingerprint density at radius 3 is 2.71 bits per heavy atom. The molecule has 0 radical (unpaired) electrons. The number of carbonyl (C=O) groups is 2. The number of thiophene rings is 1. The molecule has 1 amide bonds. The predicted octanol–water partition coefficient (Wildman–Crippen LogP) is 3.05. The summed E-state index contributed by atoms with van der Waals surface area (Å²) in [7, 11) is 0. The van der Waals surface area contributed by atoms with Gasteiger partial charge < -0.3 is 10.1 Å². The lowest BCUT2D eigenvalue weighted by Gasteiger charge is -2.09. The van der Waals surface area contributed by atoms with Gasteiger partial charge in [-0.05, 0) is 31.9 Å². The average Bonchev–Trinajstić information content (AvgIpc) is 3.04. The van der Waals surface area contributed by atoms with Crippen LogP contribution in [0.25, 0.3) is 10.9 Å². The molecule has 162 valence electrons. The number of aryl methyl sites for hydroxylation is 1. The molecule has 31 heavy (non-hydrogen) atoms. The third-order valence-electron chi connectivity index (χ3n) is 4.63. The largest absolute Gasteiger partial charge is 0.462 e. The Kier molecular flexibility index (Phi) is 6.44. The van der Waals surface area contributed by atoms with Gasteiger partial charge in [-0.25, -0.2) is 9.78 Å². The van der Waals surface area contributed by atoms with E-state index in [1.54, 1.807) is 6.92 Å². The molecule has 1 N–H and O–H groups in total. The molecule has 0 aliphatic heterocycles. The summed E-state index contributed by atoms with van der Waals surface area (Å²) < 4.78 is 6.23. The van der Waals surface area contributed by atoms with E-state index in [0.717, 1.165) is 21.3 Å². The van der Waals surface area contributed by atoms with Gasteiger partial charge in [0.2, 0.25) is 5.91 Å². The molecule has 0 unspecified atom stereocenters. The number of non-ortho nitro benzene ring substituents is 1. The Balaban J connectivity index is 1.88. The first-order valence-corrected chi connectivity index (χ1v) is 10.3. The van der Waals surface area contributed by atoms with Crippen molar-refractivity contribution in [2.45, 2.75) is 33.7 Å². The number of benzene rings is 1. The van der Waals surface area contributed by atoms with Gasteiger partial charge in [-0.15, -0.1) is 11.3 Å². The van der Waals surface area contributed by atoms with Crippen molar-refractivity contribution in [2.75, 3.05) is 11.9 Å². The molecule has 1 aromatic carbocycles. The lowest BCUT2D eigenvalue weighted by Crippen LogP contribution is -2.28. The number of fused-ring (bicyclic) bond motifs is 1. The van der Waals surface area contributed by atoms with Gasteiger partial charge in [0.1, 0.15) is 11.5 Å². The van der Waals surface area contributed by atoms with Crippen molar-refractivity contribution in [3.05, 3.63) is 61.0 Å². The smallest absolute Gasteiger partial charge is 0.341 e. The number of anilines is 1. The minimum atomic E-state index is -0.575. The number of hydrogen-bond acceptors (Lipinski definition) is 8. The molecule has 2 heterocycles. The molecule has 0 saturated heterocycles. The molecule has 10 nitrogen and oxygen atoms in total. The second kappa shape index (κ2) is 9.04. The van der Waals surface area contributed by atoms with E-state index >= 15 is 0 Å². The molecule has 11 heteroatoms. The maximum atomic E-state index is 12.7. The van der Waals surface area contributed by atoms with E-state index in [1.165, 1.54) is 29.5 Å². The Morgan fingerprint density at radius 2 is 2.06 bits per heavy atom. The van der Waals surface area contributed by atoms with Crippen molar-refractivity contribution in [3.8, 4) is 0 Å². The SMILES string of the molecule is CCOC(=O)c1c(NC(=O)Cn2cnc3cc([N+](=O)[O-])ccc3c2=O)sc(C)c1CC. The van der Waals surface area contributed by atoms with E-state index in [4.69, 9.17) is 4.74 Å². The van der Waals surface area contributed by atoms with Gasteiger partial charge in [0.15, 0.2) is 0 Å². The highest BCUT2D eigenvalue weighted by Gasteiger charge is 2.23. The maximum Gasteiger partial charge on any atom is 0.341 e. The first-order chi connectivity index (χ1) is 14.8. The number of hydrogen-bond donors (Lipinski definition) is 1. The predicted molar refractivity (Wildman–Crippen MR) is 116 cm³/mol. The molecule has 0 aliphatic rings. The van der Waals surface area contributed by atoms with Crippen molar-refractivity contribution < 1.29 is 19.2 Å². The summed E-state index contributed by atoms with van der Waals surface area (Å²) in [5.74, 6) is -1.02. The number of nitrogens with one attached hydrogen (secondary N) is 1. The monoisotopic (exact) mass is 444 g/mol. The zero-order valence-corrected chi connectivity index (χ0v) is 17.9. The van der Waals surface area contributed by atoms with Crippen molar-refractivity contribution in [1.82, 2.24) is 9.55 Å². The standard InChI is InChI=1S/C20H20N4O6S/c1-4-13-11(3)31-18(17(13)20(27)30-5-2)22-16(25)9-23-10-21-15-8-12(24(28)29)6-7-14(15)19(23)26/h6-8,10H,4-5,9H2,1-3H3,(H,22,25). The first kappa shape index (κ1) is 22.1. The minimum Gasteiger partial charge on any atom is -0.462 e. The maximum absolute atomic E-state index is 12.7. The average molecular weight is 444 g/mol. The topological polar surface area (TPSA) is 133 Å². The third-order valence-corrected chi connectivity index (χ3v) is 5.69. The fourth-order valence-electron chi connectivity index (χ4n) is 3.21. The van der Waals surface area contributed by atoms with Crippen LogP contribution in [0.2, 0.25) is 0 Å². The number of esters is 1. The highest BCUT2D eigenvalue weighted by molar-refractivity contribution is 7.16. The highest BCUT2D eigenvalue weighted by atomic mass is 32.1. The van der Waals surface area contributed by atoms with Crippen LogP contribution in [-0.2, 0) is 22.5 Å². The number of nitro benzene ring substituents is 1. The summed E-state index contributed by atoms with van der Waals surface area (Å²) in [4.78, 5) is 52.9. The lowest BCUT2D eigenvalue weighted by molar-refractivity contribution is -0.384. The van der Waals surface area contributed by atoms with Crippen molar-refractivity contribution >= 4 is 44.8 Å². The fourth-order valence-corrected chi connectivity index (χ4v) is 4.35. The Morgan fingerprint density at radius 1 is 1.32 bits per heavy atom. The molecule has 3 aromatic rings. The van der Waals surface area contributed by atoms with E-state index < -0.39 is 22.4 Å². The summed E-state index contributed by atoms with van der Waals surface area (Å²) in [5, 5.41) is 14.1. The summed E-state index contributed by atoms with van der Waals surface area (Å²) in [6, 6.07) is 3.72. The zero-order valence-electron chi connectivity index (χ0n) is 17.1. The van der Waals surface area contributed by atoms with Crippen molar-refractivity contribution in [3.63, 3.8) is 0 Å². The van der Waals surface area contributed by atoms with E-state index in [9.17, 15) is 24.5 Å². The van der Waals surface area contributed by atoms with E-state index in [-0.39, 0.29) is 29.7 Å². The van der Waals surface area contributed by atoms with Gasteiger partial charge in [0.25, 0.3) is 11.2 Å². The van der Waals surface area contributed by atoms with Crippen LogP contribution in [0.15, 0.2) is 29.3 Å². The van der Waals surface area contributed by atoms with E-state index in [1.807, 2.05) is 13.8 Å². The summed E-state index contributed by atoms with van der Waals surface area (Å²) in [5.41, 5.74) is 0.627. The van der Waals surface area contributed by atoms with Crippen LogP contribution in [0.4, 0.5) is 10.7 Å². The van der Waals surface area contributed by atoms with Crippen molar-refractivity contribution in [2.24, 2.45) is 0 Å². The number of aromatic nitrogens is 2. The van der Waals surface area contributed by atoms with Crippen molar-refractivity contribution in [1.29, 1.82) is 0 Å². The molecule has 0 spiro atoms. The van der Waals surface area contributed by atoms with E-state index in [0.29, 0.717) is 17.0 Å². The Bertz CT molecular complexity index is 1250. The van der Waals surface area contributed by atoms with Crippen LogP contribution in [-0.4, -0.2) is 33.0 Å². The second-order valence-corrected chi connectivity index (χ2v) is 7.82. The highest BCUT2D eigenvalue weighted by Crippen LogP contribution is 2.34. The lowest BCUT2D eigenvalue weighted by atomic mass is 10.1. The molecule has 2 aromatic heterocycles. The molecular formula is C20H20N4O6S. The molecule has 3 rings (SSSR count). The number of nitrogens with zero attached hydrogens (tertiary/aromatic N) is 3. The van der Waals surface area contributed by atoms with Crippen LogP contribution in [0.3, 0.4) is 0 Å². The number of ether oxygens (including phenoxy) is 1. The molecule has 0 fully saturated rings. The van der Waals surface area contributed by atoms with Crippen LogP contribution in [0.5, 0.6) is 0 Å². The summed E-state index contributed by atoms with van der Waals surface area (Å²) >= 11 is 1.27. The Labute approximate surface area is 180 Å². The van der Waals surface area contributed by atoms with Crippen LogP contribution in [0.1, 0.15) is 34.6 Å². The number of rotatable bonds is 7. The van der Waals surface area contributed by atoms with Gasteiger partial charge in [0, 0.05) is 17.0 Å². The number of carbonyl (C=O) groups excluding carboxylic acids is 2. The number of nitro groups is 1. The molecular weight excluding hydrogens is 424 g/mol. The van der Waals surface area contributed by atoms with Gasteiger partial charge in [-0.3, -0.25) is 24.3 Å². The van der Waals surface area contributed by atoms with Crippen LogP contribution in [0, 0.1) is 17.0 Å². The molecule has 0 atom stereocenters. The second-order valence-electron chi connectivity index (χ2n) is 6.60. The number of amides is 1. The van der Waals surface area contributed by atoms with Gasteiger partial charge >= 0.3 is 5.97 Å². The third kappa shape index (κ3) is 4.45. The summed E-state index contributed by atoms with van der Waals surface area (Å²) in [6.45, 7) is 5.35. The normalized spacial score (nSPS) is 10.8. The Hall–Kier alpha value is -3.60. The van der Waals surface area contributed by atoms with Gasteiger partial charge in [-0.2, -0.15) is 0 Å². The quantitative estimate of drug-likeness (QED) is 0.336. The zero-order chi connectivity index (χ0) is 22.7. The van der Waals surface area contributed by atoms with E-state index in [2.05, 4.69) is 10.3 Å².